The number of benzene rings is 1. The van der Waals surface area contributed by atoms with Gasteiger partial charge in [0.1, 0.15) is 12.1 Å². The Labute approximate surface area is 163 Å². The summed E-state index contributed by atoms with van der Waals surface area (Å²) in [6, 6.07) is 11.6. The molecule has 7 nitrogen and oxygen atoms in total. The normalized spacial score (nSPS) is 15.9. The summed E-state index contributed by atoms with van der Waals surface area (Å²) in [6.07, 6.45) is 4.84. The fourth-order valence-electron chi connectivity index (χ4n) is 3.64. The third-order valence-corrected chi connectivity index (χ3v) is 5.21. The standard InChI is InChI=1S/C21H23N5O2/c1-15-8-11-26-20(27)13-18(17-7-10-22-14-23-17)24-21(26)25(15)12-9-16-5-3-4-6-19(16)28-2/h3-7,10,13-15H,8-9,11-12H2,1-2H3. The Balaban J connectivity index is 1.68. The number of rotatable bonds is 5. The zero-order valence-electron chi connectivity index (χ0n) is 16.1. The number of fused-ring (bicyclic) bond motifs is 1. The maximum atomic E-state index is 12.7. The summed E-state index contributed by atoms with van der Waals surface area (Å²) in [4.78, 5) is 27.9. The van der Waals surface area contributed by atoms with Crippen molar-refractivity contribution in [2.24, 2.45) is 0 Å². The van der Waals surface area contributed by atoms with Crippen molar-refractivity contribution >= 4 is 5.95 Å². The number of aromatic nitrogens is 4. The van der Waals surface area contributed by atoms with Crippen LogP contribution in [0.4, 0.5) is 5.95 Å². The van der Waals surface area contributed by atoms with Gasteiger partial charge in [0.15, 0.2) is 0 Å². The lowest BCUT2D eigenvalue weighted by Crippen LogP contribution is -2.45. The second-order valence-electron chi connectivity index (χ2n) is 6.92. The van der Waals surface area contributed by atoms with Gasteiger partial charge in [-0.3, -0.25) is 9.36 Å². The number of ether oxygens (including phenoxy) is 1. The van der Waals surface area contributed by atoms with Gasteiger partial charge in [-0.1, -0.05) is 18.2 Å². The lowest BCUT2D eigenvalue weighted by Gasteiger charge is -2.36. The van der Waals surface area contributed by atoms with Crippen LogP contribution >= 0.6 is 0 Å². The van der Waals surface area contributed by atoms with Crippen LogP contribution in [0.1, 0.15) is 18.9 Å². The van der Waals surface area contributed by atoms with Crippen LogP contribution < -0.4 is 15.2 Å². The summed E-state index contributed by atoms with van der Waals surface area (Å²) >= 11 is 0. The highest BCUT2D eigenvalue weighted by Gasteiger charge is 2.26. The molecule has 1 unspecified atom stereocenters. The van der Waals surface area contributed by atoms with E-state index < -0.39 is 0 Å². The summed E-state index contributed by atoms with van der Waals surface area (Å²) < 4.78 is 7.23. The molecule has 1 aliphatic rings. The SMILES string of the molecule is COc1ccccc1CCN1c2nc(-c3ccncn3)cc(=O)n2CCC1C. The van der Waals surface area contributed by atoms with E-state index in [1.807, 2.05) is 18.2 Å². The van der Waals surface area contributed by atoms with Crippen LogP contribution in [-0.4, -0.2) is 39.2 Å². The van der Waals surface area contributed by atoms with Crippen LogP contribution in [0.2, 0.25) is 0 Å². The molecule has 3 heterocycles. The van der Waals surface area contributed by atoms with E-state index in [1.54, 1.807) is 30.0 Å². The summed E-state index contributed by atoms with van der Waals surface area (Å²) in [7, 11) is 1.69. The van der Waals surface area contributed by atoms with Crippen molar-refractivity contribution in [3.05, 3.63) is 64.8 Å². The van der Waals surface area contributed by atoms with E-state index in [0.717, 1.165) is 30.7 Å². The Hall–Kier alpha value is -3.22. The van der Waals surface area contributed by atoms with Gasteiger partial charge in [-0.25, -0.2) is 15.0 Å². The highest BCUT2D eigenvalue weighted by atomic mass is 16.5. The molecular formula is C21H23N5O2. The van der Waals surface area contributed by atoms with Gasteiger partial charge in [-0.05, 0) is 37.5 Å². The first kappa shape index (κ1) is 18.2. The van der Waals surface area contributed by atoms with E-state index in [9.17, 15) is 4.79 Å². The third-order valence-electron chi connectivity index (χ3n) is 5.21. The second kappa shape index (κ2) is 7.80. The van der Waals surface area contributed by atoms with Crippen molar-refractivity contribution in [1.29, 1.82) is 0 Å². The molecule has 0 radical (unpaired) electrons. The number of para-hydroxylation sites is 1. The fourth-order valence-corrected chi connectivity index (χ4v) is 3.64. The highest BCUT2D eigenvalue weighted by Crippen LogP contribution is 2.26. The molecule has 0 aliphatic carbocycles. The van der Waals surface area contributed by atoms with Crippen LogP contribution in [0.15, 0.2) is 53.7 Å². The first-order valence-electron chi connectivity index (χ1n) is 9.44. The predicted octanol–water partition coefficient (Wildman–Crippen LogP) is 2.55. The Bertz CT molecular complexity index is 1020. The third kappa shape index (κ3) is 3.47. The van der Waals surface area contributed by atoms with Gasteiger partial charge in [0, 0.05) is 31.4 Å². The van der Waals surface area contributed by atoms with E-state index in [4.69, 9.17) is 9.72 Å². The zero-order valence-corrected chi connectivity index (χ0v) is 16.1. The fraction of sp³-hybridized carbons (Fsp3) is 0.333. The summed E-state index contributed by atoms with van der Waals surface area (Å²) in [5.41, 5.74) is 2.32. The number of hydrogen-bond acceptors (Lipinski definition) is 6. The van der Waals surface area contributed by atoms with Crippen molar-refractivity contribution < 1.29 is 4.74 Å². The van der Waals surface area contributed by atoms with Gasteiger partial charge in [-0.15, -0.1) is 0 Å². The molecular weight excluding hydrogens is 354 g/mol. The van der Waals surface area contributed by atoms with Gasteiger partial charge >= 0.3 is 0 Å². The molecule has 0 bridgehead atoms. The monoisotopic (exact) mass is 377 g/mol. The molecule has 2 aromatic heterocycles. The Kier molecular flexibility index (Phi) is 5.06. The molecule has 4 rings (SSSR count). The van der Waals surface area contributed by atoms with Crippen molar-refractivity contribution in [2.45, 2.75) is 32.4 Å². The van der Waals surface area contributed by atoms with E-state index in [0.29, 0.717) is 29.9 Å². The molecule has 0 fully saturated rings. The molecule has 0 spiro atoms. The van der Waals surface area contributed by atoms with Gasteiger partial charge in [0.05, 0.1) is 18.5 Å². The van der Waals surface area contributed by atoms with Crippen molar-refractivity contribution in [2.75, 3.05) is 18.6 Å². The molecule has 0 saturated carbocycles. The maximum Gasteiger partial charge on any atom is 0.255 e. The number of hydrogen-bond donors (Lipinski definition) is 0. The quantitative estimate of drug-likeness (QED) is 0.680. The first-order chi connectivity index (χ1) is 13.7. The minimum atomic E-state index is -0.0483. The minimum absolute atomic E-state index is 0.0483. The zero-order chi connectivity index (χ0) is 19.5. The van der Waals surface area contributed by atoms with E-state index >= 15 is 0 Å². The van der Waals surface area contributed by atoms with Crippen molar-refractivity contribution in [3.63, 3.8) is 0 Å². The topological polar surface area (TPSA) is 73.1 Å². The molecule has 28 heavy (non-hydrogen) atoms. The van der Waals surface area contributed by atoms with Crippen LogP contribution in [-0.2, 0) is 13.0 Å². The van der Waals surface area contributed by atoms with Crippen molar-refractivity contribution in [3.8, 4) is 17.1 Å². The molecule has 3 aromatic rings. The lowest BCUT2D eigenvalue weighted by atomic mass is 10.1. The second-order valence-corrected chi connectivity index (χ2v) is 6.92. The number of anilines is 1. The number of methoxy groups -OCH3 is 1. The molecule has 0 N–H and O–H groups in total. The molecule has 144 valence electrons. The molecule has 7 heteroatoms. The minimum Gasteiger partial charge on any atom is -0.496 e. The van der Waals surface area contributed by atoms with Gasteiger partial charge in [0.25, 0.3) is 5.56 Å². The molecule has 1 aliphatic heterocycles. The van der Waals surface area contributed by atoms with Gasteiger partial charge in [-0.2, -0.15) is 0 Å². The summed E-state index contributed by atoms with van der Waals surface area (Å²) in [5.74, 6) is 1.59. The Morgan fingerprint density at radius 2 is 2.07 bits per heavy atom. The average molecular weight is 377 g/mol. The smallest absolute Gasteiger partial charge is 0.255 e. The lowest BCUT2D eigenvalue weighted by molar-refractivity contribution is 0.408. The maximum absolute atomic E-state index is 12.7. The Morgan fingerprint density at radius 3 is 2.86 bits per heavy atom. The highest BCUT2D eigenvalue weighted by molar-refractivity contribution is 5.55. The molecule has 1 aromatic carbocycles. The average Bonchev–Trinajstić information content (AvgIpc) is 2.73. The van der Waals surface area contributed by atoms with Crippen molar-refractivity contribution in [1.82, 2.24) is 19.5 Å². The summed E-state index contributed by atoms with van der Waals surface area (Å²) in [6.45, 7) is 3.61. The van der Waals surface area contributed by atoms with E-state index in [-0.39, 0.29) is 5.56 Å². The van der Waals surface area contributed by atoms with Gasteiger partial charge < -0.3 is 9.64 Å². The van der Waals surface area contributed by atoms with Crippen LogP contribution in [0.3, 0.4) is 0 Å². The molecule has 0 amide bonds. The van der Waals surface area contributed by atoms with E-state index in [1.165, 1.54) is 6.33 Å². The summed E-state index contributed by atoms with van der Waals surface area (Å²) in [5, 5.41) is 0. The largest absolute Gasteiger partial charge is 0.496 e. The van der Waals surface area contributed by atoms with E-state index in [2.05, 4.69) is 27.9 Å². The number of nitrogens with zero attached hydrogens (tertiary/aromatic N) is 5. The predicted molar refractivity (Wildman–Crippen MR) is 108 cm³/mol. The molecule has 1 atom stereocenters. The van der Waals surface area contributed by atoms with Gasteiger partial charge in [0.2, 0.25) is 5.95 Å². The van der Waals surface area contributed by atoms with Crippen LogP contribution in [0.5, 0.6) is 5.75 Å². The van der Waals surface area contributed by atoms with Crippen LogP contribution in [0.25, 0.3) is 11.4 Å². The molecule has 0 saturated heterocycles. The Morgan fingerprint density at radius 1 is 1.21 bits per heavy atom. The first-order valence-corrected chi connectivity index (χ1v) is 9.44. The van der Waals surface area contributed by atoms with Crippen LogP contribution in [0, 0.1) is 0 Å².